The van der Waals surface area contributed by atoms with Crippen molar-refractivity contribution in [2.24, 2.45) is 0 Å². The molecule has 0 aliphatic carbocycles. The molecular weight excluding hydrogens is 408 g/mol. The fraction of sp³-hybridized carbons (Fsp3) is 0.560. The molecule has 0 saturated carbocycles. The lowest BCUT2D eigenvalue weighted by molar-refractivity contribution is 0.0797. The van der Waals surface area contributed by atoms with Gasteiger partial charge in [-0.15, -0.1) is 11.3 Å². The molecule has 0 bridgehead atoms. The van der Waals surface area contributed by atoms with Crippen molar-refractivity contribution in [3.05, 3.63) is 46.3 Å². The van der Waals surface area contributed by atoms with Crippen molar-refractivity contribution < 1.29 is 4.79 Å². The summed E-state index contributed by atoms with van der Waals surface area (Å²) in [5.74, 6) is 3.61. The van der Waals surface area contributed by atoms with Crippen molar-refractivity contribution in [2.45, 2.75) is 51.0 Å². The summed E-state index contributed by atoms with van der Waals surface area (Å²) < 4.78 is 0. The van der Waals surface area contributed by atoms with E-state index in [0.717, 1.165) is 42.4 Å². The highest BCUT2D eigenvalue weighted by atomic mass is 32.2. The number of carbonyl (C=O) groups excluding carboxylic acids is 1. The number of hydrogen-bond acceptors (Lipinski definition) is 4. The van der Waals surface area contributed by atoms with Gasteiger partial charge in [-0.3, -0.25) is 9.69 Å². The molecule has 1 aromatic heterocycles. The third-order valence-corrected chi connectivity index (χ3v) is 9.54. The average molecular weight is 441 g/mol. The smallest absolute Gasteiger partial charge is 0.264 e. The second-order valence-electron chi connectivity index (χ2n) is 9.07. The van der Waals surface area contributed by atoms with Crippen LogP contribution in [0.25, 0.3) is 10.4 Å². The number of aryl methyl sites for hydroxylation is 1. The van der Waals surface area contributed by atoms with Gasteiger partial charge in [0.1, 0.15) is 0 Å². The summed E-state index contributed by atoms with van der Waals surface area (Å²) in [7, 11) is 0. The minimum Gasteiger partial charge on any atom is -0.338 e. The van der Waals surface area contributed by atoms with Gasteiger partial charge in [-0.2, -0.15) is 11.8 Å². The summed E-state index contributed by atoms with van der Waals surface area (Å²) in [4.78, 5) is 19.7. The van der Waals surface area contributed by atoms with Crippen LogP contribution in [0.1, 0.15) is 58.8 Å². The molecule has 3 nitrogen and oxygen atoms in total. The zero-order valence-corrected chi connectivity index (χ0v) is 19.6. The van der Waals surface area contributed by atoms with Crippen LogP contribution in [0.2, 0.25) is 0 Å². The van der Waals surface area contributed by atoms with Crippen LogP contribution in [-0.4, -0.2) is 59.4 Å². The van der Waals surface area contributed by atoms with Crippen molar-refractivity contribution in [1.29, 1.82) is 0 Å². The maximum atomic E-state index is 12.8. The average Bonchev–Trinajstić information content (AvgIpc) is 3.55. The van der Waals surface area contributed by atoms with E-state index in [1.54, 1.807) is 11.3 Å². The first kappa shape index (κ1) is 20.6. The highest BCUT2D eigenvalue weighted by Gasteiger charge is 2.28. The van der Waals surface area contributed by atoms with Gasteiger partial charge in [0.2, 0.25) is 0 Å². The Kier molecular flexibility index (Phi) is 6.22. The summed E-state index contributed by atoms with van der Waals surface area (Å²) in [6.07, 6.45) is 6.23. The molecule has 4 heterocycles. The predicted octanol–water partition coefficient (Wildman–Crippen LogP) is 5.64. The maximum absolute atomic E-state index is 12.8. The Hall–Kier alpha value is -1.30. The van der Waals surface area contributed by atoms with Crippen molar-refractivity contribution in [3.8, 4) is 10.4 Å². The van der Waals surface area contributed by atoms with E-state index in [9.17, 15) is 4.79 Å². The molecule has 1 aromatic carbocycles. The first-order chi connectivity index (χ1) is 14.7. The van der Waals surface area contributed by atoms with Crippen LogP contribution < -0.4 is 0 Å². The van der Waals surface area contributed by atoms with Crippen LogP contribution in [0, 0.1) is 6.92 Å². The van der Waals surface area contributed by atoms with Crippen molar-refractivity contribution in [1.82, 2.24) is 9.80 Å². The first-order valence-electron chi connectivity index (χ1n) is 11.5. The minimum absolute atomic E-state index is 0.227. The van der Waals surface area contributed by atoms with Crippen LogP contribution in [0.15, 0.2) is 30.3 Å². The highest BCUT2D eigenvalue weighted by Crippen LogP contribution is 2.36. The number of nitrogens with zero attached hydrogens (tertiary/aromatic N) is 2. The molecule has 3 fully saturated rings. The first-order valence-corrected chi connectivity index (χ1v) is 13.5. The number of likely N-dealkylation sites (tertiary alicyclic amines) is 2. The van der Waals surface area contributed by atoms with Crippen LogP contribution in [0.4, 0.5) is 0 Å². The van der Waals surface area contributed by atoms with Gasteiger partial charge in [0.15, 0.2) is 0 Å². The lowest BCUT2D eigenvalue weighted by atomic mass is 9.88. The Bertz CT molecular complexity index is 871. The molecule has 5 rings (SSSR count). The van der Waals surface area contributed by atoms with E-state index >= 15 is 0 Å². The zero-order chi connectivity index (χ0) is 20.5. The van der Waals surface area contributed by atoms with Gasteiger partial charge in [-0.1, -0.05) is 24.3 Å². The fourth-order valence-corrected chi connectivity index (χ4v) is 7.63. The maximum Gasteiger partial charge on any atom is 0.264 e. The number of carbonyl (C=O) groups is 1. The quantitative estimate of drug-likeness (QED) is 0.614. The molecule has 5 heteroatoms. The van der Waals surface area contributed by atoms with Gasteiger partial charge in [0, 0.05) is 29.8 Å². The zero-order valence-electron chi connectivity index (χ0n) is 17.9. The SMILES string of the molecule is Cc1cc(-c2ccc(C3CCN(C4CCSC4)CC3)cc2)sc1C(=O)N1CCCC1. The number of hydrogen-bond donors (Lipinski definition) is 0. The van der Waals surface area contributed by atoms with Crippen LogP contribution in [0.3, 0.4) is 0 Å². The third-order valence-electron chi connectivity index (χ3n) is 7.12. The topological polar surface area (TPSA) is 23.6 Å². The van der Waals surface area contributed by atoms with Gasteiger partial charge >= 0.3 is 0 Å². The van der Waals surface area contributed by atoms with Crippen LogP contribution in [-0.2, 0) is 0 Å². The van der Waals surface area contributed by atoms with E-state index in [-0.39, 0.29) is 5.91 Å². The minimum atomic E-state index is 0.227. The van der Waals surface area contributed by atoms with Gasteiger partial charge in [-0.05, 0) is 86.5 Å². The summed E-state index contributed by atoms with van der Waals surface area (Å²) >= 11 is 3.78. The second kappa shape index (κ2) is 9.05. The van der Waals surface area contributed by atoms with E-state index in [1.807, 2.05) is 4.90 Å². The summed E-state index contributed by atoms with van der Waals surface area (Å²) in [5.41, 5.74) is 3.85. The molecule has 30 heavy (non-hydrogen) atoms. The summed E-state index contributed by atoms with van der Waals surface area (Å²) in [6.45, 7) is 6.42. The number of piperidine rings is 1. The molecule has 1 unspecified atom stereocenters. The van der Waals surface area contributed by atoms with E-state index in [2.05, 4.69) is 53.9 Å². The molecule has 2 aromatic rings. The predicted molar refractivity (Wildman–Crippen MR) is 129 cm³/mol. The number of thiophene rings is 1. The molecule has 3 aliphatic rings. The summed E-state index contributed by atoms with van der Waals surface area (Å²) in [6, 6.07) is 12.2. The van der Waals surface area contributed by atoms with Crippen LogP contribution in [0.5, 0.6) is 0 Å². The van der Waals surface area contributed by atoms with Crippen LogP contribution >= 0.6 is 23.1 Å². The molecular formula is C25H32N2OS2. The fourth-order valence-electron chi connectivity index (χ4n) is 5.23. The number of amides is 1. The van der Waals surface area contributed by atoms with E-state index < -0.39 is 0 Å². The molecule has 1 amide bonds. The van der Waals surface area contributed by atoms with E-state index in [0.29, 0.717) is 5.92 Å². The monoisotopic (exact) mass is 440 g/mol. The van der Waals surface area contributed by atoms with Gasteiger partial charge < -0.3 is 4.90 Å². The highest BCUT2D eigenvalue weighted by molar-refractivity contribution is 7.99. The van der Waals surface area contributed by atoms with E-state index in [1.165, 1.54) is 59.9 Å². The lowest BCUT2D eigenvalue weighted by Gasteiger charge is -2.36. The number of benzene rings is 1. The third kappa shape index (κ3) is 4.21. The molecule has 160 valence electrons. The molecule has 3 aliphatic heterocycles. The molecule has 1 atom stereocenters. The van der Waals surface area contributed by atoms with Gasteiger partial charge in [-0.25, -0.2) is 0 Å². The molecule has 0 N–H and O–H groups in total. The van der Waals surface area contributed by atoms with Crippen molar-refractivity contribution in [3.63, 3.8) is 0 Å². The Morgan fingerprint density at radius 3 is 2.40 bits per heavy atom. The molecule has 0 spiro atoms. The summed E-state index contributed by atoms with van der Waals surface area (Å²) in [5, 5.41) is 0. The normalized spacial score (nSPS) is 23.4. The second-order valence-corrected chi connectivity index (χ2v) is 11.3. The number of thioether (sulfide) groups is 1. The van der Waals surface area contributed by atoms with Gasteiger partial charge in [0.25, 0.3) is 5.91 Å². The Morgan fingerprint density at radius 2 is 1.73 bits per heavy atom. The molecule has 0 radical (unpaired) electrons. The van der Waals surface area contributed by atoms with Gasteiger partial charge in [0.05, 0.1) is 4.88 Å². The molecule has 3 saturated heterocycles. The standard InChI is InChI=1S/C25H32N2OS2/c1-18-16-23(30-24(18)25(28)27-11-2-3-12-27)21-6-4-19(5-7-21)20-8-13-26(14-9-20)22-10-15-29-17-22/h4-7,16,20,22H,2-3,8-15,17H2,1H3. The largest absolute Gasteiger partial charge is 0.338 e. The van der Waals surface area contributed by atoms with Crippen molar-refractivity contribution >= 4 is 29.0 Å². The Morgan fingerprint density at radius 1 is 1.00 bits per heavy atom. The van der Waals surface area contributed by atoms with E-state index in [4.69, 9.17) is 0 Å². The lowest BCUT2D eigenvalue weighted by Crippen LogP contribution is -2.40. The Balaban J connectivity index is 1.24. The van der Waals surface area contributed by atoms with Crippen molar-refractivity contribution in [2.75, 3.05) is 37.7 Å². The number of rotatable bonds is 4. The Labute approximate surface area is 188 Å².